The zero-order chi connectivity index (χ0) is 15.0. The van der Waals surface area contributed by atoms with Gasteiger partial charge < -0.3 is 0 Å². The quantitative estimate of drug-likeness (QED) is 0.841. The Morgan fingerprint density at radius 2 is 2.19 bits per heavy atom. The Bertz CT molecular complexity index is 623. The number of ether oxygens (including phenoxy) is 1. The molecule has 0 amide bonds. The Morgan fingerprint density at radius 3 is 2.90 bits per heavy atom. The van der Waals surface area contributed by atoms with Crippen LogP contribution in [-0.2, 0) is 4.74 Å². The van der Waals surface area contributed by atoms with Gasteiger partial charge in [-0.15, -0.1) is 0 Å². The van der Waals surface area contributed by atoms with E-state index in [1.807, 2.05) is 6.07 Å². The van der Waals surface area contributed by atoms with Crippen molar-refractivity contribution in [1.82, 2.24) is 7.96 Å². The van der Waals surface area contributed by atoms with Crippen molar-refractivity contribution in [3.63, 3.8) is 0 Å². The maximum absolute atomic E-state index is 6.04. The van der Waals surface area contributed by atoms with Crippen LogP contribution in [0.3, 0.4) is 0 Å². The van der Waals surface area contributed by atoms with Crippen LogP contribution in [0.4, 0.5) is 5.69 Å². The molecular weight excluding hydrogens is 329 g/mol. The molecule has 1 aliphatic carbocycles. The Balaban J connectivity index is 1.68. The van der Waals surface area contributed by atoms with Gasteiger partial charge in [-0.25, -0.2) is 0 Å². The second kappa shape index (κ2) is 5.71. The van der Waals surface area contributed by atoms with E-state index >= 15 is 0 Å². The third-order valence-corrected chi connectivity index (χ3v) is 5.56. The molecule has 114 valence electrons. The molecule has 0 aliphatic heterocycles. The van der Waals surface area contributed by atoms with Crippen molar-refractivity contribution in [2.45, 2.75) is 46.3 Å². The Kier molecular flexibility index (Phi) is 4.08. The van der Waals surface area contributed by atoms with E-state index in [2.05, 4.69) is 53.1 Å². The topological polar surface area (TPSA) is 47.0 Å². The summed E-state index contributed by atoms with van der Waals surface area (Å²) in [6.45, 7) is 9.81. The van der Waals surface area contributed by atoms with E-state index in [1.165, 1.54) is 0 Å². The summed E-state index contributed by atoms with van der Waals surface area (Å²) in [7, 11) is 0. The monoisotopic (exact) mass is 353 g/mol. The van der Waals surface area contributed by atoms with E-state index in [0.717, 1.165) is 29.7 Å². The standard InChI is InChI=1S/C16H23N3OSe/c1-10(2)9-20-14-8-13(16(14,3)4)17-11-6-5-7-12-15(11)19-21-18-12/h5-7,10,13-14,17H,8-9H2,1-4H3. The van der Waals surface area contributed by atoms with Gasteiger partial charge in [-0.2, -0.15) is 0 Å². The summed E-state index contributed by atoms with van der Waals surface area (Å²) in [5.74, 6) is 0.591. The fourth-order valence-electron chi connectivity index (χ4n) is 2.83. The summed E-state index contributed by atoms with van der Waals surface area (Å²) in [6.07, 6.45) is 1.41. The number of nitrogens with one attached hydrogen (secondary N) is 1. The summed E-state index contributed by atoms with van der Waals surface area (Å²) < 4.78 is 15.0. The first-order valence-electron chi connectivity index (χ1n) is 7.58. The van der Waals surface area contributed by atoms with Crippen LogP contribution in [0.15, 0.2) is 18.2 Å². The molecule has 1 aromatic carbocycles. The van der Waals surface area contributed by atoms with Gasteiger partial charge in [0.2, 0.25) is 0 Å². The normalized spacial score (nSPS) is 24.2. The van der Waals surface area contributed by atoms with Crippen LogP contribution < -0.4 is 5.32 Å². The molecule has 21 heavy (non-hydrogen) atoms. The van der Waals surface area contributed by atoms with E-state index in [0.29, 0.717) is 18.1 Å². The van der Waals surface area contributed by atoms with Crippen LogP contribution in [0.5, 0.6) is 0 Å². The van der Waals surface area contributed by atoms with E-state index < -0.39 is 0 Å². The summed E-state index contributed by atoms with van der Waals surface area (Å²) in [6, 6.07) is 6.64. The second-order valence-electron chi connectivity index (χ2n) is 6.91. The van der Waals surface area contributed by atoms with Crippen molar-refractivity contribution in [1.29, 1.82) is 0 Å². The van der Waals surface area contributed by atoms with Gasteiger partial charge in [0.1, 0.15) is 0 Å². The molecule has 1 fully saturated rings. The number of nitrogens with zero attached hydrogens (tertiary/aromatic N) is 2. The summed E-state index contributed by atoms with van der Waals surface area (Å²) in [4.78, 5) is 0. The molecule has 1 N–H and O–H groups in total. The van der Waals surface area contributed by atoms with Crippen LogP contribution in [0.25, 0.3) is 11.0 Å². The van der Waals surface area contributed by atoms with Crippen LogP contribution in [-0.4, -0.2) is 41.7 Å². The van der Waals surface area contributed by atoms with Crippen molar-refractivity contribution in [2.24, 2.45) is 11.3 Å². The summed E-state index contributed by atoms with van der Waals surface area (Å²) in [5.41, 5.74) is 3.35. The van der Waals surface area contributed by atoms with Gasteiger partial charge in [0.05, 0.1) is 0 Å². The first-order valence-corrected chi connectivity index (χ1v) is 9.11. The molecule has 2 aromatic rings. The first kappa shape index (κ1) is 15.0. The Hall–Kier alpha value is -0.901. The predicted octanol–water partition coefficient (Wildman–Crippen LogP) is 2.94. The van der Waals surface area contributed by atoms with Crippen molar-refractivity contribution < 1.29 is 4.74 Å². The van der Waals surface area contributed by atoms with Gasteiger partial charge >= 0.3 is 132 Å². The molecule has 1 aliphatic rings. The number of rotatable bonds is 5. The average Bonchev–Trinajstić information content (AvgIpc) is 2.90. The summed E-state index contributed by atoms with van der Waals surface area (Å²) >= 11 is 0.0260. The molecule has 0 spiro atoms. The van der Waals surface area contributed by atoms with Crippen molar-refractivity contribution >= 4 is 31.7 Å². The van der Waals surface area contributed by atoms with E-state index in [9.17, 15) is 0 Å². The minimum atomic E-state index is 0.0260. The zero-order valence-corrected chi connectivity index (χ0v) is 14.8. The molecule has 1 aromatic heterocycles. The molecule has 0 radical (unpaired) electrons. The Morgan fingerprint density at radius 1 is 1.38 bits per heavy atom. The fraction of sp³-hybridized carbons (Fsp3) is 0.625. The van der Waals surface area contributed by atoms with Gasteiger partial charge in [0.25, 0.3) is 0 Å². The number of hydrogen-bond acceptors (Lipinski definition) is 4. The fourth-order valence-corrected chi connectivity index (χ4v) is 3.99. The second-order valence-corrected chi connectivity index (χ2v) is 8.02. The first-order chi connectivity index (χ1) is 9.98. The van der Waals surface area contributed by atoms with E-state index in [1.54, 1.807) is 0 Å². The van der Waals surface area contributed by atoms with Crippen LogP contribution >= 0.6 is 0 Å². The predicted molar refractivity (Wildman–Crippen MR) is 86.9 cm³/mol. The number of hydrogen-bond donors (Lipinski definition) is 1. The zero-order valence-electron chi connectivity index (χ0n) is 13.1. The number of fused-ring (bicyclic) bond motifs is 1. The van der Waals surface area contributed by atoms with E-state index in [-0.39, 0.29) is 20.4 Å². The Labute approximate surface area is 132 Å². The molecule has 1 saturated carbocycles. The minimum absolute atomic E-state index is 0.0260. The molecule has 5 heteroatoms. The van der Waals surface area contributed by atoms with Gasteiger partial charge in [-0.1, -0.05) is 0 Å². The number of anilines is 1. The van der Waals surface area contributed by atoms with Crippen molar-refractivity contribution in [3.8, 4) is 0 Å². The molecule has 2 atom stereocenters. The SMILES string of the molecule is CC(C)COC1CC(Nc2cccc3n[se]nc23)C1(C)C. The molecule has 0 bridgehead atoms. The van der Waals surface area contributed by atoms with Crippen LogP contribution in [0.1, 0.15) is 34.1 Å². The van der Waals surface area contributed by atoms with Gasteiger partial charge in [-0.05, 0) is 0 Å². The van der Waals surface area contributed by atoms with E-state index in [4.69, 9.17) is 4.74 Å². The summed E-state index contributed by atoms with van der Waals surface area (Å²) in [5, 5.41) is 3.66. The van der Waals surface area contributed by atoms with Crippen molar-refractivity contribution in [3.05, 3.63) is 18.2 Å². The molecular formula is C16H23N3OSe. The molecule has 3 rings (SSSR count). The van der Waals surface area contributed by atoms with Gasteiger partial charge in [-0.3, -0.25) is 0 Å². The third-order valence-electron chi connectivity index (χ3n) is 4.42. The van der Waals surface area contributed by atoms with Crippen LogP contribution in [0.2, 0.25) is 0 Å². The average molecular weight is 352 g/mol. The molecule has 0 saturated heterocycles. The molecule has 1 heterocycles. The van der Waals surface area contributed by atoms with Crippen LogP contribution in [0, 0.1) is 11.3 Å². The van der Waals surface area contributed by atoms with Crippen molar-refractivity contribution in [2.75, 3.05) is 11.9 Å². The van der Waals surface area contributed by atoms with Gasteiger partial charge in [0.15, 0.2) is 0 Å². The molecule has 2 unspecified atom stereocenters. The maximum atomic E-state index is 6.04. The number of benzene rings is 1. The third kappa shape index (κ3) is 2.87. The number of aromatic nitrogens is 2. The van der Waals surface area contributed by atoms with Gasteiger partial charge in [0, 0.05) is 0 Å². The molecule has 4 nitrogen and oxygen atoms in total.